The van der Waals surface area contributed by atoms with Gasteiger partial charge in [-0.2, -0.15) is 5.26 Å². The van der Waals surface area contributed by atoms with Gasteiger partial charge in [-0.05, 0) is 31.5 Å². The second-order valence-corrected chi connectivity index (χ2v) is 7.02. The van der Waals surface area contributed by atoms with Crippen molar-refractivity contribution in [3.05, 3.63) is 29.3 Å². The molecular weight excluding hydrogens is 248 g/mol. The van der Waals surface area contributed by atoms with Gasteiger partial charge >= 0.3 is 0 Å². The van der Waals surface area contributed by atoms with Crippen LogP contribution in [0.1, 0.15) is 18.1 Å². The quantitative estimate of drug-likeness (QED) is 0.771. The van der Waals surface area contributed by atoms with Gasteiger partial charge in [-0.25, -0.2) is 8.42 Å². The minimum Gasteiger partial charge on any atom is -0.366 e. The summed E-state index contributed by atoms with van der Waals surface area (Å²) in [5.74, 6) is 0.321. The van der Waals surface area contributed by atoms with Crippen molar-refractivity contribution in [3.63, 3.8) is 0 Å². The van der Waals surface area contributed by atoms with Crippen LogP contribution < -0.4 is 4.90 Å². The molecule has 1 atom stereocenters. The molecule has 0 aliphatic carbocycles. The molecule has 1 heterocycles. The van der Waals surface area contributed by atoms with Crippen molar-refractivity contribution in [2.75, 3.05) is 23.0 Å². The summed E-state index contributed by atoms with van der Waals surface area (Å²) in [7, 11) is -2.93. The molecule has 0 spiro atoms. The van der Waals surface area contributed by atoms with Gasteiger partial charge in [0.2, 0.25) is 0 Å². The van der Waals surface area contributed by atoms with Crippen molar-refractivity contribution in [1.82, 2.24) is 0 Å². The van der Waals surface area contributed by atoms with Crippen LogP contribution >= 0.6 is 0 Å². The Morgan fingerprint density at radius 1 is 1.44 bits per heavy atom. The zero-order chi connectivity index (χ0) is 13.3. The molecule has 0 saturated carbocycles. The fraction of sp³-hybridized carbons (Fsp3) is 0.462. The Labute approximate surface area is 108 Å². The first kappa shape index (κ1) is 12.9. The van der Waals surface area contributed by atoms with Crippen LogP contribution in [0.5, 0.6) is 0 Å². The Hall–Kier alpha value is -1.54. The monoisotopic (exact) mass is 264 g/mol. The Balaban J connectivity index is 2.36. The van der Waals surface area contributed by atoms with E-state index in [0.717, 1.165) is 11.3 Å². The van der Waals surface area contributed by atoms with Gasteiger partial charge in [0, 0.05) is 12.6 Å². The maximum absolute atomic E-state index is 11.6. The van der Waals surface area contributed by atoms with Crippen molar-refractivity contribution in [2.45, 2.75) is 19.9 Å². The molecule has 0 radical (unpaired) electrons. The van der Waals surface area contributed by atoms with Crippen molar-refractivity contribution < 1.29 is 8.42 Å². The second-order valence-electron chi connectivity index (χ2n) is 4.79. The molecule has 1 aromatic rings. The molecule has 5 heteroatoms. The molecule has 0 aromatic heterocycles. The zero-order valence-corrected chi connectivity index (χ0v) is 11.4. The lowest BCUT2D eigenvalue weighted by Crippen LogP contribution is -2.47. The highest BCUT2D eigenvalue weighted by atomic mass is 32.2. The van der Waals surface area contributed by atoms with Crippen LogP contribution in [0.15, 0.2) is 18.2 Å². The van der Waals surface area contributed by atoms with E-state index in [4.69, 9.17) is 5.26 Å². The molecule has 18 heavy (non-hydrogen) atoms. The van der Waals surface area contributed by atoms with Crippen LogP contribution in [-0.4, -0.2) is 32.5 Å². The normalized spacial score (nSPS) is 22.5. The fourth-order valence-corrected chi connectivity index (χ4v) is 3.90. The minimum atomic E-state index is -2.93. The van der Waals surface area contributed by atoms with Crippen molar-refractivity contribution in [1.29, 1.82) is 5.26 Å². The number of anilines is 1. The van der Waals surface area contributed by atoms with Gasteiger partial charge in [0.05, 0.1) is 22.8 Å². The van der Waals surface area contributed by atoms with Gasteiger partial charge < -0.3 is 4.90 Å². The van der Waals surface area contributed by atoms with E-state index in [1.54, 1.807) is 0 Å². The van der Waals surface area contributed by atoms with Crippen LogP contribution in [0.3, 0.4) is 0 Å². The third-order valence-electron chi connectivity index (χ3n) is 3.25. The van der Waals surface area contributed by atoms with Crippen molar-refractivity contribution in [3.8, 4) is 6.07 Å². The Kier molecular flexibility index (Phi) is 3.31. The number of nitriles is 1. The summed E-state index contributed by atoms with van der Waals surface area (Å²) in [4.78, 5) is 2.01. The highest BCUT2D eigenvalue weighted by Crippen LogP contribution is 2.26. The van der Waals surface area contributed by atoms with Gasteiger partial charge in [-0.15, -0.1) is 0 Å². The zero-order valence-electron chi connectivity index (χ0n) is 10.5. The maximum atomic E-state index is 11.6. The third kappa shape index (κ3) is 2.49. The predicted octanol–water partition coefficient (Wildman–Crippen LogP) is 1.49. The SMILES string of the molecule is Cc1ccc(N2CCS(=O)(=O)CC2C)c(C#N)c1. The van der Waals surface area contributed by atoms with E-state index in [-0.39, 0.29) is 17.5 Å². The van der Waals surface area contributed by atoms with Gasteiger partial charge in [-0.3, -0.25) is 0 Å². The highest BCUT2D eigenvalue weighted by molar-refractivity contribution is 7.91. The third-order valence-corrected chi connectivity index (χ3v) is 5.05. The highest BCUT2D eigenvalue weighted by Gasteiger charge is 2.29. The average Bonchev–Trinajstić information content (AvgIpc) is 2.29. The molecule has 1 aromatic carbocycles. The minimum absolute atomic E-state index is 0.0847. The van der Waals surface area contributed by atoms with Gasteiger partial charge in [-0.1, -0.05) is 6.07 Å². The largest absolute Gasteiger partial charge is 0.366 e. The Morgan fingerprint density at radius 2 is 2.17 bits per heavy atom. The van der Waals surface area contributed by atoms with Crippen LogP contribution in [0.4, 0.5) is 5.69 Å². The maximum Gasteiger partial charge on any atom is 0.154 e. The number of nitrogens with zero attached hydrogens (tertiary/aromatic N) is 2. The van der Waals surface area contributed by atoms with Gasteiger partial charge in [0.25, 0.3) is 0 Å². The standard InChI is InChI=1S/C13H16N2O2S/c1-10-3-4-13(12(7-10)8-14)15-5-6-18(16,17)9-11(15)2/h3-4,7,11H,5-6,9H2,1-2H3. The summed E-state index contributed by atoms with van der Waals surface area (Å²) < 4.78 is 23.1. The predicted molar refractivity (Wildman–Crippen MR) is 71.4 cm³/mol. The molecule has 1 aliphatic rings. The average molecular weight is 264 g/mol. The molecular formula is C13H16N2O2S. The van der Waals surface area contributed by atoms with Crippen molar-refractivity contribution >= 4 is 15.5 Å². The van der Waals surface area contributed by atoms with E-state index >= 15 is 0 Å². The van der Waals surface area contributed by atoms with E-state index in [9.17, 15) is 8.42 Å². The molecule has 1 fully saturated rings. The summed E-state index contributed by atoms with van der Waals surface area (Å²) >= 11 is 0. The van der Waals surface area contributed by atoms with Gasteiger partial charge in [0.1, 0.15) is 6.07 Å². The summed E-state index contributed by atoms with van der Waals surface area (Å²) in [6, 6.07) is 7.79. The number of hydrogen-bond donors (Lipinski definition) is 0. The summed E-state index contributed by atoms with van der Waals surface area (Å²) in [6.45, 7) is 4.29. The lowest BCUT2D eigenvalue weighted by molar-refractivity contribution is 0.568. The lowest BCUT2D eigenvalue weighted by Gasteiger charge is -2.35. The molecule has 0 amide bonds. The first-order valence-electron chi connectivity index (χ1n) is 5.91. The summed E-state index contributed by atoms with van der Waals surface area (Å²) in [6.07, 6.45) is 0. The van der Waals surface area contributed by atoms with E-state index in [0.29, 0.717) is 12.1 Å². The molecule has 0 N–H and O–H groups in total. The first-order chi connectivity index (χ1) is 8.43. The van der Waals surface area contributed by atoms with E-state index < -0.39 is 9.84 Å². The number of benzene rings is 1. The number of aryl methyl sites for hydroxylation is 1. The smallest absolute Gasteiger partial charge is 0.154 e. The molecule has 0 bridgehead atoms. The molecule has 2 rings (SSSR count). The topological polar surface area (TPSA) is 61.2 Å². The summed E-state index contributed by atoms with van der Waals surface area (Å²) in [5, 5.41) is 9.17. The van der Waals surface area contributed by atoms with Gasteiger partial charge in [0.15, 0.2) is 9.84 Å². The lowest BCUT2D eigenvalue weighted by atomic mass is 10.1. The number of sulfone groups is 1. The molecule has 1 saturated heterocycles. The second kappa shape index (κ2) is 4.62. The van der Waals surface area contributed by atoms with Crippen LogP contribution in [0.25, 0.3) is 0 Å². The first-order valence-corrected chi connectivity index (χ1v) is 7.73. The number of hydrogen-bond acceptors (Lipinski definition) is 4. The summed E-state index contributed by atoms with van der Waals surface area (Å²) in [5.41, 5.74) is 2.49. The van der Waals surface area contributed by atoms with Crippen LogP contribution in [-0.2, 0) is 9.84 Å². The molecule has 96 valence electrons. The van der Waals surface area contributed by atoms with E-state index in [1.807, 2.05) is 36.9 Å². The molecule has 1 aliphatic heterocycles. The number of rotatable bonds is 1. The fourth-order valence-electron chi connectivity index (χ4n) is 2.35. The Morgan fingerprint density at radius 3 is 2.78 bits per heavy atom. The Bertz CT molecular complexity index is 602. The molecule has 4 nitrogen and oxygen atoms in total. The van der Waals surface area contributed by atoms with E-state index in [1.165, 1.54) is 0 Å². The molecule has 1 unspecified atom stereocenters. The van der Waals surface area contributed by atoms with Crippen LogP contribution in [0.2, 0.25) is 0 Å². The van der Waals surface area contributed by atoms with Crippen molar-refractivity contribution in [2.24, 2.45) is 0 Å². The van der Waals surface area contributed by atoms with E-state index in [2.05, 4.69) is 6.07 Å². The van der Waals surface area contributed by atoms with Crippen LogP contribution in [0, 0.1) is 18.3 Å².